The minimum atomic E-state index is 0.284. The summed E-state index contributed by atoms with van der Waals surface area (Å²) >= 11 is 0. The van der Waals surface area contributed by atoms with E-state index < -0.39 is 0 Å². The Kier molecular flexibility index (Phi) is 6.37. The van der Waals surface area contributed by atoms with Gasteiger partial charge < -0.3 is 10.1 Å². The van der Waals surface area contributed by atoms with Crippen molar-refractivity contribution in [3.8, 4) is 0 Å². The van der Waals surface area contributed by atoms with Gasteiger partial charge in [0.2, 0.25) is 0 Å². The van der Waals surface area contributed by atoms with Crippen molar-refractivity contribution in [3.05, 3.63) is 34.9 Å². The highest BCUT2D eigenvalue weighted by molar-refractivity contribution is 5.30. The van der Waals surface area contributed by atoms with E-state index in [-0.39, 0.29) is 6.10 Å². The van der Waals surface area contributed by atoms with Crippen molar-refractivity contribution in [3.63, 3.8) is 0 Å². The normalized spacial score (nSPS) is 14.5. The maximum absolute atomic E-state index is 5.58. The van der Waals surface area contributed by atoms with E-state index in [9.17, 15) is 0 Å². The third kappa shape index (κ3) is 4.11. The fourth-order valence-electron chi connectivity index (χ4n) is 2.40. The van der Waals surface area contributed by atoms with E-state index in [2.05, 4.69) is 51.2 Å². The van der Waals surface area contributed by atoms with E-state index in [1.54, 1.807) is 7.11 Å². The second-order valence-corrected chi connectivity index (χ2v) is 4.97. The second kappa shape index (κ2) is 7.55. The molecule has 0 spiro atoms. The molecule has 2 unspecified atom stereocenters. The molecular weight excluding hydrogens is 222 g/mol. The van der Waals surface area contributed by atoms with Crippen LogP contribution in [-0.4, -0.2) is 25.8 Å². The Morgan fingerprint density at radius 2 is 1.89 bits per heavy atom. The predicted octanol–water partition coefficient (Wildman–Crippen LogP) is 3.25. The lowest BCUT2D eigenvalue weighted by molar-refractivity contribution is 0.0658. The summed E-state index contributed by atoms with van der Waals surface area (Å²) in [5, 5.41) is 3.54. The Bertz CT molecular complexity index is 358. The molecule has 1 N–H and O–H groups in total. The number of ether oxygens (including phenoxy) is 1. The van der Waals surface area contributed by atoms with Gasteiger partial charge in [0.25, 0.3) is 0 Å². The number of nitrogens with one attached hydrogen (secondary N) is 1. The van der Waals surface area contributed by atoms with Gasteiger partial charge in [-0.05, 0) is 49.9 Å². The van der Waals surface area contributed by atoms with Crippen LogP contribution >= 0.6 is 0 Å². The summed E-state index contributed by atoms with van der Waals surface area (Å²) in [6.07, 6.45) is 2.35. The van der Waals surface area contributed by atoms with Crippen LogP contribution < -0.4 is 5.32 Å². The van der Waals surface area contributed by atoms with Crippen molar-refractivity contribution >= 4 is 0 Å². The van der Waals surface area contributed by atoms with Gasteiger partial charge in [0.05, 0.1) is 6.10 Å². The predicted molar refractivity (Wildman–Crippen MR) is 78.2 cm³/mol. The molecule has 0 radical (unpaired) electrons. The molecule has 2 atom stereocenters. The first-order valence-electron chi connectivity index (χ1n) is 6.94. The lowest BCUT2D eigenvalue weighted by Gasteiger charge is -2.26. The van der Waals surface area contributed by atoms with E-state index in [1.807, 2.05) is 0 Å². The minimum absolute atomic E-state index is 0.284. The summed E-state index contributed by atoms with van der Waals surface area (Å²) in [7, 11) is 1.80. The Balaban J connectivity index is 2.78. The average Bonchev–Trinajstić information content (AvgIpc) is 2.35. The average molecular weight is 249 g/mol. The molecule has 18 heavy (non-hydrogen) atoms. The fraction of sp³-hybridized carbons (Fsp3) is 0.625. The Morgan fingerprint density at radius 1 is 1.17 bits per heavy atom. The molecule has 0 saturated heterocycles. The highest BCUT2D eigenvalue weighted by Crippen LogP contribution is 2.14. The smallest absolute Gasteiger partial charge is 0.0724 e. The molecule has 1 aromatic rings. The first-order chi connectivity index (χ1) is 8.62. The van der Waals surface area contributed by atoms with Gasteiger partial charge in [-0.1, -0.05) is 32.0 Å². The van der Waals surface area contributed by atoms with Crippen molar-refractivity contribution in [2.24, 2.45) is 0 Å². The van der Waals surface area contributed by atoms with Gasteiger partial charge in [0, 0.05) is 13.2 Å². The van der Waals surface area contributed by atoms with Crippen LogP contribution in [0.1, 0.15) is 37.0 Å². The van der Waals surface area contributed by atoms with Gasteiger partial charge in [-0.3, -0.25) is 0 Å². The van der Waals surface area contributed by atoms with Crippen LogP contribution in [-0.2, 0) is 11.2 Å². The Labute approximate surface area is 112 Å². The number of hydrogen-bond donors (Lipinski definition) is 1. The van der Waals surface area contributed by atoms with Crippen LogP contribution in [0.2, 0.25) is 0 Å². The summed E-state index contributed by atoms with van der Waals surface area (Å²) in [4.78, 5) is 0. The second-order valence-electron chi connectivity index (χ2n) is 4.97. The van der Waals surface area contributed by atoms with Crippen molar-refractivity contribution in [2.45, 2.75) is 52.7 Å². The maximum Gasteiger partial charge on any atom is 0.0724 e. The van der Waals surface area contributed by atoms with Gasteiger partial charge >= 0.3 is 0 Å². The number of methoxy groups -OCH3 is 1. The number of aryl methyl sites for hydroxylation is 2. The molecule has 0 saturated carbocycles. The fourth-order valence-corrected chi connectivity index (χ4v) is 2.40. The summed E-state index contributed by atoms with van der Waals surface area (Å²) in [6, 6.07) is 7.13. The van der Waals surface area contributed by atoms with Crippen LogP contribution in [0.15, 0.2) is 18.2 Å². The van der Waals surface area contributed by atoms with Crippen LogP contribution in [0, 0.1) is 13.8 Å². The van der Waals surface area contributed by atoms with Crippen LogP contribution in [0.25, 0.3) is 0 Å². The van der Waals surface area contributed by atoms with E-state index >= 15 is 0 Å². The molecule has 0 aliphatic heterocycles. The topological polar surface area (TPSA) is 21.3 Å². The van der Waals surface area contributed by atoms with E-state index in [0.29, 0.717) is 6.04 Å². The van der Waals surface area contributed by atoms with Crippen molar-refractivity contribution in [2.75, 3.05) is 13.7 Å². The van der Waals surface area contributed by atoms with Crippen LogP contribution in [0.5, 0.6) is 0 Å². The zero-order valence-corrected chi connectivity index (χ0v) is 12.4. The number of benzene rings is 1. The minimum Gasteiger partial charge on any atom is -0.380 e. The van der Waals surface area contributed by atoms with Crippen LogP contribution in [0.3, 0.4) is 0 Å². The molecule has 0 heterocycles. The molecule has 0 aromatic heterocycles. The third-order valence-corrected chi connectivity index (χ3v) is 3.65. The van der Waals surface area contributed by atoms with Gasteiger partial charge in [-0.25, -0.2) is 0 Å². The standard InChI is InChI=1S/C16H27NO/c1-6-16(18-5)15(17-7-2)11-14-9-8-12(3)13(4)10-14/h8-10,15-17H,6-7,11H2,1-5H3. The third-order valence-electron chi connectivity index (χ3n) is 3.65. The Morgan fingerprint density at radius 3 is 2.39 bits per heavy atom. The monoisotopic (exact) mass is 249 g/mol. The molecule has 102 valence electrons. The molecule has 2 heteroatoms. The zero-order valence-electron chi connectivity index (χ0n) is 12.4. The molecule has 0 bridgehead atoms. The SMILES string of the molecule is CCNC(Cc1ccc(C)c(C)c1)C(CC)OC. The van der Waals surface area contributed by atoms with Crippen LogP contribution in [0.4, 0.5) is 0 Å². The number of hydrogen-bond acceptors (Lipinski definition) is 2. The van der Waals surface area contributed by atoms with Crippen molar-refractivity contribution < 1.29 is 4.74 Å². The molecule has 1 aromatic carbocycles. The molecule has 0 amide bonds. The lowest BCUT2D eigenvalue weighted by Crippen LogP contribution is -2.42. The lowest BCUT2D eigenvalue weighted by atomic mass is 9.97. The van der Waals surface area contributed by atoms with E-state index in [1.165, 1.54) is 16.7 Å². The van der Waals surface area contributed by atoms with Crippen molar-refractivity contribution in [1.82, 2.24) is 5.32 Å². The summed E-state index contributed by atoms with van der Waals surface area (Å²) in [5.74, 6) is 0. The molecule has 0 aliphatic rings. The van der Waals surface area contributed by atoms with Gasteiger partial charge in [-0.2, -0.15) is 0 Å². The first kappa shape index (κ1) is 15.2. The molecular formula is C16H27NO. The molecule has 1 rings (SSSR count). The summed E-state index contributed by atoms with van der Waals surface area (Å²) < 4.78 is 5.58. The quantitative estimate of drug-likeness (QED) is 0.801. The van der Waals surface area contributed by atoms with E-state index in [0.717, 1.165) is 19.4 Å². The zero-order chi connectivity index (χ0) is 13.5. The number of rotatable bonds is 7. The molecule has 2 nitrogen and oxygen atoms in total. The van der Waals surface area contributed by atoms with E-state index in [4.69, 9.17) is 4.74 Å². The highest BCUT2D eigenvalue weighted by atomic mass is 16.5. The summed E-state index contributed by atoms with van der Waals surface area (Å²) in [5.41, 5.74) is 4.12. The first-order valence-corrected chi connectivity index (χ1v) is 6.94. The van der Waals surface area contributed by atoms with Gasteiger partial charge in [-0.15, -0.1) is 0 Å². The highest BCUT2D eigenvalue weighted by Gasteiger charge is 2.19. The molecule has 0 aliphatic carbocycles. The summed E-state index contributed by atoms with van der Waals surface area (Å²) in [6.45, 7) is 9.64. The number of likely N-dealkylation sites (N-methyl/N-ethyl adjacent to an activating group) is 1. The van der Waals surface area contributed by atoms with Gasteiger partial charge in [0.1, 0.15) is 0 Å². The van der Waals surface area contributed by atoms with Crippen molar-refractivity contribution in [1.29, 1.82) is 0 Å². The maximum atomic E-state index is 5.58. The largest absolute Gasteiger partial charge is 0.380 e. The van der Waals surface area contributed by atoms with Gasteiger partial charge in [0.15, 0.2) is 0 Å². The Hall–Kier alpha value is -0.860. The molecule has 0 fully saturated rings.